The number of carboxylic acid groups (broad SMARTS) is 1. The number of aliphatic carboxylic acids is 1. The molecule has 1 atom stereocenters. The van der Waals surface area contributed by atoms with Gasteiger partial charge in [-0.2, -0.15) is 0 Å². The van der Waals surface area contributed by atoms with Crippen molar-refractivity contribution in [3.63, 3.8) is 0 Å². The highest BCUT2D eigenvalue weighted by Crippen LogP contribution is 2.36. The smallest absolute Gasteiger partial charge is 0.310 e. The maximum absolute atomic E-state index is 11.7. The fourth-order valence-electron chi connectivity index (χ4n) is 4.66. The number of aryl methyl sites for hydroxylation is 1. The van der Waals surface area contributed by atoms with Gasteiger partial charge in [-0.3, -0.25) is 14.4 Å². The second-order valence-electron chi connectivity index (χ2n) is 8.41. The van der Waals surface area contributed by atoms with Crippen LogP contribution in [0.2, 0.25) is 0 Å². The van der Waals surface area contributed by atoms with Gasteiger partial charge in [0.1, 0.15) is 11.4 Å². The number of nitrogens with two attached hydrogens (primary N) is 1. The molecule has 1 aliphatic rings. The van der Waals surface area contributed by atoms with Crippen LogP contribution >= 0.6 is 0 Å². The van der Waals surface area contributed by atoms with Gasteiger partial charge in [-0.1, -0.05) is 49.1 Å². The van der Waals surface area contributed by atoms with Gasteiger partial charge in [0.05, 0.1) is 17.2 Å². The molecular formula is C28H25N5O2. The normalized spacial score (nSPS) is 15.9. The third-order valence-corrected chi connectivity index (χ3v) is 6.38. The molecule has 0 saturated carbocycles. The van der Waals surface area contributed by atoms with Crippen molar-refractivity contribution >= 4 is 28.5 Å². The van der Waals surface area contributed by atoms with Crippen LogP contribution in [0, 0.1) is 0 Å². The van der Waals surface area contributed by atoms with Crippen molar-refractivity contribution in [1.82, 2.24) is 14.5 Å². The molecule has 1 unspecified atom stereocenters. The summed E-state index contributed by atoms with van der Waals surface area (Å²) in [6.07, 6.45) is 4.74. The minimum absolute atomic E-state index is 0.330. The third-order valence-electron chi connectivity index (χ3n) is 6.38. The molecule has 7 heteroatoms. The summed E-state index contributed by atoms with van der Waals surface area (Å²) in [7, 11) is 1.63. The molecule has 3 N–H and O–H groups in total. The molecule has 7 nitrogen and oxygen atoms in total. The van der Waals surface area contributed by atoms with Crippen LogP contribution < -0.4 is 5.73 Å². The molecule has 35 heavy (non-hydrogen) atoms. The van der Waals surface area contributed by atoms with Gasteiger partial charge in [-0.05, 0) is 54.3 Å². The predicted octanol–water partition coefficient (Wildman–Crippen LogP) is 4.76. The van der Waals surface area contributed by atoms with Crippen LogP contribution in [0.15, 0.2) is 84.4 Å². The summed E-state index contributed by atoms with van der Waals surface area (Å²) in [6, 6.07) is 19.7. The van der Waals surface area contributed by atoms with E-state index in [0.29, 0.717) is 41.2 Å². The highest BCUT2D eigenvalue weighted by Gasteiger charge is 2.29. The number of rotatable bonds is 6. The van der Waals surface area contributed by atoms with Gasteiger partial charge in [-0.25, -0.2) is 9.97 Å². The van der Waals surface area contributed by atoms with E-state index in [0.717, 1.165) is 28.1 Å². The summed E-state index contributed by atoms with van der Waals surface area (Å²) in [5.74, 6) is -0.340. The van der Waals surface area contributed by atoms with E-state index >= 15 is 0 Å². The van der Waals surface area contributed by atoms with Crippen molar-refractivity contribution in [3.8, 4) is 16.9 Å². The van der Waals surface area contributed by atoms with Crippen LogP contribution in [-0.2, 0) is 11.2 Å². The number of aliphatic imine (C=N–C) groups is 1. The molecule has 2 aromatic carbocycles. The number of imidazole rings is 1. The fourth-order valence-corrected chi connectivity index (χ4v) is 4.66. The van der Waals surface area contributed by atoms with Crippen LogP contribution in [0.1, 0.15) is 29.3 Å². The predicted molar refractivity (Wildman–Crippen MR) is 139 cm³/mol. The standard InChI is InChI=1S/C28H25N5O2/c1-3-7-22(25(29)30-2)26-32-24-15-14-23(17-8-5-4-6-9-17)31-27(24)33(26)19-11-13-20-18(16-19)10-12-21(20)28(34)35/h3-9,11,13-16,21H,1,10,12H2,2H3,(H2,29,30)(H,34,35)/b22-7+. The molecule has 1 aliphatic carbocycles. The number of carboxylic acids is 1. The number of aromatic nitrogens is 3. The Labute approximate surface area is 203 Å². The lowest BCUT2D eigenvalue weighted by molar-refractivity contribution is -0.138. The molecule has 0 spiro atoms. The number of amidine groups is 1. The Morgan fingerprint density at radius 2 is 1.97 bits per heavy atom. The van der Waals surface area contributed by atoms with Crippen molar-refractivity contribution < 1.29 is 9.90 Å². The van der Waals surface area contributed by atoms with Gasteiger partial charge >= 0.3 is 5.97 Å². The van der Waals surface area contributed by atoms with E-state index in [1.165, 1.54) is 0 Å². The molecule has 0 radical (unpaired) electrons. The number of benzene rings is 2. The Morgan fingerprint density at radius 1 is 1.17 bits per heavy atom. The van der Waals surface area contributed by atoms with Gasteiger partial charge in [0.25, 0.3) is 0 Å². The molecule has 0 bridgehead atoms. The fraction of sp³-hybridized carbons (Fsp3) is 0.143. The van der Waals surface area contributed by atoms with Crippen LogP contribution in [0.25, 0.3) is 33.7 Å². The first-order chi connectivity index (χ1) is 17.0. The summed E-state index contributed by atoms with van der Waals surface area (Å²) in [4.78, 5) is 25.7. The average Bonchev–Trinajstić information content (AvgIpc) is 3.48. The minimum atomic E-state index is -0.789. The van der Waals surface area contributed by atoms with E-state index in [4.69, 9.17) is 15.7 Å². The molecule has 5 rings (SSSR count). The van der Waals surface area contributed by atoms with E-state index in [-0.39, 0.29) is 0 Å². The molecule has 0 aliphatic heterocycles. The van der Waals surface area contributed by atoms with Crippen LogP contribution in [-0.4, -0.2) is 38.5 Å². The lowest BCUT2D eigenvalue weighted by Crippen LogP contribution is -2.17. The lowest BCUT2D eigenvalue weighted by Gasteiger charge is -2.14. The molecular weight excluding hydrogens is 438 g/mol. The first kappa shape index (κ1) is 22.3. The maximum atomic E-state index is 11.7. The Morgan fingerprint density at radius 3 is 2.69 bits per heavy atom. The minimum Gasteiger partial charge on any atom is -0.481 e. The lowest BCUT2D eigenvalue weighted by atomic mass is 10.0. The summed E-state index contributed by atoms with van der Waals surface area (Å²) in [6.45, 7) is 3.83. The van der Waals surface area contributed by atoms with Gasteiger partial charge < -0.3 is 10.8 Å². The number of allylic oxidation sites excluding steroid dienone is 2. The van der Waals surface area contributed by atoms with Crippen molar-refractivity contribution in [2.75, 3.05) is 7.05 Å². The zero-order valence-corrected chi connectivity index (χ0v) is 19.3. The highest BCUT2D eigenvalue weighted by atomic mass is 16.4. The van der Waals surface area contributed by atoms with Crippen molar-refractivity contribution in [3.05, 3.63) is 96.3 Å². The summed E-state index contributed by atoms with van der Waals surface area (Å²) < 4.78 is 1.96. The highest BCUT2D eigenvalue weighted by molar-refractivity contribution is 6.21. The maximum Gasteiger partial charge on any atom is 0.310 e. The topological polar surface area (TPSA) is 106 Å². The van der Waals surface area contributed by atoms with E-state index in [9.17, 15) is 9.90 Å². The van der Waals surface area contributed by atoms with Gasteiger partial charge in [0.15, 0.2) is 11.5 Å². The number of fused-ring (bicyclic) bond motifs is 2. The second-order valence-corrected chi connectivity index (χ2v) is 8.41. The van der Waals surface area contributed by atoms with Gasteiger partial charge in [0, 0.05) is 18.3 Å². The number of pyridine rings is 1. The Balaban J connectivity index is 1.77. The summed E-state index contributed by atoms with van der Waals surface area (Å²) >= 11 is 0. The number of hydrogen-bond donors (Lipinski definition) is 2. The summed E-state index contributed by atoms with van der Waals surface area (Å²) in [5, 5.41) is 9.59. The first-order valence-electron chi connectivity index (χ1n) is 11.4. The van der Waals surface area contributed by atoms with Crippen LogP contribution in [0.3, 0.4) is 0 Å². The zero-order valence-electron chi connectivity index (χ0n) is 19.3. The first-order valence-corrected chi connectivity index (χ1v) is 11.4. The Bertz CT molecular complexity index is 1520. The van der Waals surface area contributed by atoms with Gasteiger partial charge in [0.2, 0.25) is 0 Å². The largest absolute Gasteiger partial charge is 0.481 e. The molecule has 2 aromatic heterocycles. The van der Waals surface area contributed by atoms with Gasteiger partial charge in [-0.15, -0.1) is 0 Å². The van der Waals surface area contributed by atoms with Crippen molar-refractivity contribution in [2.45, 2.75) is 18.8 Å². The Hall–Kier alpha value is -4.52. The monoisotopic (exact) mass is 463 g/mol. The number of hydrogen-bond acceptors (Lipinski definition) is 4. The number of nitrogens with zero attached hydrogens (tertiary/aromatic N) is 4. The average molecular weight is 464 g/mol. The second kappa shape index (κ2) is 9.02. The third kappa shape index (κ3) is 3.91. The van der Waals surface area contributed by atoms with E-state index < -0.39 is 11.9 Å². The SMILES string of the molecule is C=C/C=C(\C(N)=NC)c1nc2ccc(-c3ccccc3)nc2n1-c1ccc2c(c1)CCC2C(=O)O. The van der Waals surface area contributed by atoms with Crippen molar-refractivity contribution in [1.29, 1.82) is 0 Å². The van der Waals surface area contributed by atoms with Crippen molar-refractivity contribution in [2.24, 2.45) is 10.7 Å². The molecule has 0 amide bonds. The molecule has 0 saturated heterocycles. The van der Waals surface area contributed by atoms with Crippen LogP contribution in [0.4, 0.5) is 0 Å². The molecule has 2 heterocycles. The van der Waals surface area contributed by atoms with Crippen LogP contribution in [0.5, 0.6) is 0 Å². The molecule has 174 valence electrons. The van der Waals surface area contributed by atoms with E-state index in [2.05, 4.69) is 11.6 Å². The molecule has 4 aromatic rings. The summed E-state index contributed by atoms with van der Waals surface area (Å²) in [5.41, 5.74) is 12.8. The zero-order chi connectivity index (χ0) is 24.5. The van der Waals surface area contributed by atoms with E-state index in [1.54, 1.807) is 19.2 Å². The molecule has 0 fully saturated rings. The van der Waals surface area contributed by atoms with E-state index in [1.807, 2.05) is 65.2 Å². The number of carbonyl (C=O) groups is 1. The quantitative estimate of drug-likeness (QED) is 0.244. The Kier molecular flexibility index (Phi) is 5.74.